The van der Waals surface area contributed by atoms with E-state index < -0.39 is 0 Å². The van der Waals surface area contributed by atoms with E-state index in [2.05, 4.69) is 24.0 Å². The Labute approximate surface area is 161 Å². The normalized spacial score (nSPS) is 24.7. The molecule has 2 saturated heterocycles. The third kappa shape index (κ3) is 4.12. The Balaban J connectivity index is 1.82. The zero-order valence-electron chi connectivity index (χ0n) is 16.5. The van der Waals surface area contributed by atoms with Crippen LogP contribution in [-0.4, -0.2) is 65.8 Å². The highest BCUT2D eigenvalue weighted by atomic mass is 32.1. The van der Waals surface area contributed by atoms with Crippen LogP contribution in [0, 0.1) is 18.3 Å². The zero-order valence-corrected chi connectivity index (χ0v) is 17.3. The molecule has 5 nitrogen and oxygen atoms in total. The summed E-state index contributed by atoms with van der Waals surface area (Å²) in [5, 5.41) is 0. The summed E-state index contributed by atoms with van der Waals surface area (Å²) in [6, 6.07) is 4.37. The average molecular weight is 378 g/mol. The summed E-state index contributed by atoms with van der Waals surface area (Å²) in [4.78, 5) is 34.3. The van der Waals surface area contributed by atoms with Gasteiger partial charge in [0.05, 0.1) is 0 Å². The van der Waals surface area contributed by atoms with Crippen LogP contribution in [0.15, 0.2) is 12.1 Å². The fraction of sp³-hybridized carbons (Fsp3) is 0.700. The molecule has 2 amide bonds. The van der Waals surface area contributed by atoms with Crippen molar-refractivity contribution in [3.05, 3.63) is 21.9 Å². The Morgan fingerprint density at radius 2 is 2.00 bits per heavy atom. The van der Waals surface area contributed by atoms with E-state index in [9.17, 15) is 9.59 Å². The number of carbonyl (C=O) groups excluding carboxylic acids is 2. The second kappa shape index (κ2) is 7.69. The molecule has 3 rings (SSSR count). The number of hydrogen-bond donors (Lipinski definition) is 0. The summed E-state index contributed by atoms with van der Waals surface area (Å²) in [6.07, 6.45) is 0.558. The topological polar surface area (TPSA) is 43.9 Å². The smallest absolute Gasteiger partial charge is 0.225 e. The highest BCUT2D eigenvalue weighted by Crippen LogP contribution is 2.36. The molecule has 3 heterocycles. The van der Waals surface area contributed by atoms with Gasteiger partial charge >= 0.3 is 0 Å². The minimum atomic E-state index is -0.138. The van der Waals surface area contributed by atoms with Crippen LogP contribution in [-0.2, 0) is 16.1 Å². The van der Waals surface area contributed by atoms with Gasteiger partial charge in [-0.25, -0.2) is 0 Å². The number of carbonyl (C=O) groups is 2. The third-order valence-electron chi connectivity index (χ3n) is 5.54. The molecular weight excluding hydrogens is 346 g/mol. The second-order valence-electron chi connectivity index (χ2n) is 8.22. The first-order valence-corrected chi connectivity index (χ1v) is 10.5. The molecule has 2 fully saturated rings. The maximum atomic E-state index is 12.7. The van der Waals surface area contributed by atoms with Gasteiger partial charge in [0.1, 0.15) is 0 Å². The van der Waals surface area contributed by atoms with E-state index in [4.69, 9.17) is 0 Å². The largest absolute Gasteiger partial charge is 0.342 e. The number of thiophene rings is 1. The van der Waals surface area contributed by atoms with Crippen LogP contribution in [0.3, 0.4) is 0 Å². The summed E-state index contributed by atoms with van der Waals surface area (Å²) in [5.74, 6) is 0.441. The number of aryl methyl sites for hydroxylation is 1. The standard InChI is InChI=1S/C20H31N3O2S/c1-5-22-13-20(10-18(22)24)12-21(11-17-7-6-16(4)26-17)8-9-23(14-20)19(25)15(2)3/h6-7,15H,5,8-14H2,1-4H3/t20-/m0/s1. The van der Waals surface area contributed by atoms with E-state index >= 15 is 0 Å². The molecule has 1 aromatic rings. The quantitative estimate of drug-likeness (QED) is 0.810. The number of hydrogen-bond acceptors (Lipinski definition) is 4. The Morgan fingerprint density at radius 1 is 1.23 bits per heavy atom. The van der Waals surface area contributed by atoms with Gasteiger partial charge in [0.2, 0.25) is 11.8 Å². The fourth-order valence-corrected chi connectivity index (χ4v) is 5.24. The molecule has 0 saturated carbocycles. The molecule has 6 heteroatoms. The average Bonchev–Trinajstić information content (AvgIpc) is 3.07. The van der Waals surface area contributed by atoms with Crippen molar-refractivity contribution in [3.63, 3.8) is 0 Å². The van der Waals surface area contributed by atoms with Gasteiger partial charge in [0.15, 0.2) is 0 Å². The van der Waals surface area contributed by atoms with Gasteiger partial charge in [-0.05, 0) is 26.0 Å². The SMILES string of the molecule is CCN1C[C@]2(CC1=O)CN(Cc1ccc(C)s1)CCN(C(=O)C(C)C)C2. The van der Waals surface area contributed by atoms with E-state index in [-0.39, 0.29) is 23.1 Å². The first-order valence-electron chi connectivity index (χ1n) is 9.66. The van der Waals surface area contributed by atoms with E-state index in [0.29, 0.717) is 13.0 Å². The van der Waals surface area contributed by atoms with Crippen molar-refractivity contribution >= 4 is 23.2 Å². The van der Waals surface area contributed by atoms with Gasteiger partial charge in [-0.3, -0.25) is 14.5 Å². The lowest BCUT2D eigenvalue weighted by Crippen LogP contribution is -2.45. The lowest BCUT2D eigenvalue weighted by Gasteiger charge is -2.34. The fourth-order valence-electron chi connectivity index (χ4n) is 4.31. The van der Waals surface area contributed by atoms with Crippen molar-refractivity contribution in [2.45, 2.75) is 40.7 Å². The van der Waals surface area contributed by atoms with Gasteiger partial charge in [0, 0.05) is 73.3 Å². The summed E-state index contributed by atoms with van der Waals surface area (Å²) in [6.45, 7) is 13.7. The van der Waals surface area contributed by atoms with Gasteiger partial charge in [-0.15, -0.1) is 11.3 Å². The van der Waals surface area contributed by atoms with Crippen LogP contribution < -0.4 is 0 Å². The predicted octanol–water partition coefficient (Wildman–Crippen LogP) is 2.60. The summed E-state index contributed by atoms with van der Waals surface area (Å²) in [5.41, 5.74) is -0.138. The molecule has 0 N–H and O–H groups in total. The molecule has 2 aliphatic heterocycles. The summed E-state index contributed by atoms with van der Waals surface area (Å²) in [7, 11) is 0. The Bertz CT molecular complexity index is 672. The van der Waals surface area contributed by atoms with Gasteiger partial charge in [-0.1, -0.05) is 13.8 Å². The third-order valence-corrected chi connectivity index (χ3v) is 6.52. The van der Waals surface area contributed by atoms with Crippen molar-refractivity contribution in [2.75, 3.05) is 39.3 Å². The Morgan fingerprint density at radius 3 is 2.58 bits per heavy atom. The maximum absolute atomic E-state index is 12.7. The van der Waals surface area contributed by atoms with Crippen LogP contribution in [0.1, 0.15) is 36.9 Å². The van der Waals surface area contributed by atoms with Gasteiger partial charge < -0.3 is 9.80 Å². The highest BCUT2D eigenvalue weighted by Gasteiger charge is 2.46. The Kier molecular flexibility index (Phi) is 5.72. The zero-order chi connectivity index (χ0) is 18.9. The van der Waals surface area contributed by atoms with Gasteiger partial charge in [-0.2, -0.15) is 0 Å². The van der Waals surface area contributed by atoms with Crippen molar-refractivity contribution in [1.82, 2.24) is 14.7 Å². The van der Waals surface area contributed by atoms with Crippen LogP contribution in [0.4, 0.5) is 0 Å². The van der Waals surface area contributed by atoms with Crippen molar-refractivity contribution in [1.29, 1.82) is 0 Å². The number of rotatable bonds is 4. The molecule has 0 bridgehead atoms. The Hall–Kier alpha value is -1.40. The maximum Gasteiger partial charge on any atom is 0.225 e. The van der Waals surface area contributed by atoms with E-state index in [1.807, 2.05) is 41.9 Å². The van der Waals surface area contributed by atoms with E-state index in [0.717, 1.165) is 39.3 Å². The van der Waals surface area contributed by atoms with Crippen molar-refractivity contribution in [2.24, 2.45) is 11.3 Å². The van der Waals surface area contributed by atoms with E-state index in [1.54, 1.807) is 0 Å². The van der Waals surface area contributed by atoms with Crippen molar-refractivity contribution in [3.8, 4) is 0 Å². The van der Waals surface area contributed by atoms with E-state index in [1.165, 1.54) is 9.75 Å². The minimum Gasteiger partial charge on any atom is -0.342 e. The molecule has 0 aromatic carbocycles. The molecule has 0 unspecified atom stereocenters. The molecule has 2 aliphatic rings. The van der Waals surface area contributed by atoms with Crippen LogP contribution in [0.2, 0.25) is 0 Å². The van der Waals surface area contributed by atoms with Crippen LogP contribution >= 0.6 is 11.3 Å². The van der Waals surface area contributed by atoms with Gasteiger partial charge in [0.25, 0.3) is 0 Å². The molecule has 26 heavy (non-hydrogen) atoms. The lowest BCUT2D eigenvalue weighted by atomic mass is 9.85. The first-order chi connectivity index (χ1) is 12.3. The van der Waals surface area contributed by atoms with Crippen LogP contribution in [0.5, 0.6) is 0 Å². The summed E-state index contributed by atoms with van der Waals surface area (Å²) < 4.78 is 0. The molecular formula is C20H31N3O2S. The monoisotopic (exact) mass is 377 g/mol. The second-order valence-corrected chi connectivity index (χ2v) is 9.59. The van der Waals surface area contributed by atoms with Crippen molar-refractivity contribution < 1.29 is 9.59 Å². The molecule has 0 aliphatic carbocycles. The highest BCUT2D eigenvalue weighted by molar-refractivity contribution is 7.11. The molecule has 1 atom stereocenters. The summed E-state index contributed by atoms with van der Waals surface area (Å²) >= 11 is 1.84. The number of likely N-dealkylation sites (tertiary alicyclic amines) is 1. The minimum absolute atomic E-state index is 0.00192. The molecule has 1 aromatic heterocycles. The molecule has 144 valence electrons. The molecule has 0 radical (unpaired) electrons. The number of amides is 2. The number of nitrogens with zero attached hydrogens (tertiary/aromatic N) is 3. The lowest BCUT2D eigenvalue weighted by molar-refractivity contribution is -0.135. The predicted molar refractivity (Wildman–Crippen MR) is 105 cm³/mol. The molecule has 1 spiro atoms. The first kappa shape index (κ1) is 19.4. The van der Waals surface area contributed by atoms with Crippen LogP contribution in [0.25, 0.3) is 0 Å².